The molecule has 6 aromatic rings. The fraction of sp³-hybridized carbons (Fsp3) is 0.259. The molecule has 0 saturated heterocycles. The van der Waals surface area contributed by atoms with E-state index < -0.39 is 21.5 Å². The number of allylic oxidation sites excluding steroid dienone is 2. The van der Waals surface area contributed by atoms with Crippen LogP contribution in [0.15, 0.2) is 145 Å². The van der Waals surface area contributed by atoms with Crippen molar-refractivity contribution in [1.29, 1.82) is 0 Å². The van der Waals surface area contributed by atoms with Crippen LogP contribution < -0.4 is 0 Å². The van der Waals surface area contributed by atoms with Gasteiger partial charge in [-0.25, -0.2) is 0 Å². The SMILES string of the molecule is CCCc1ccc2c(c1-c1ccccc1-c1ccccc1)C=C(CC)[CH]2[Zr]([Cl])([Cl])([CH]1C(CC)=Cc2c1ccc(CCC)c2-c1ccccc1-c1ccccc1)[SiH](C)C. The van der Waals surface area contributed by atoms with E-state index in [1.165, 1.54) is 89.0 Å². The zero-order valence-corrected chi connectivity index (χ0v) is 40.2. The quantitative estimate of drug-likeness (QED) is 0.101. The molecule has 8 rings (SSSR count). The molecule has 58 heavy (non-hydrogen) atoms. The number of aryl methyl sites for hydroxylation is 2. The molecule has 2 atom stereocenters. The molecule has 4 heteroatoms. The van der Waals surface area contributed by atoms with Crippen molar-refractivity contribution in [3.05, 3.63) is 178 Å². The maximum absolute atomic E-state index is 8.95. The Morgan fingerprint density at radius 1 is 0.466 bits per heavy atom. The molecule has 0 radical (unpaired) electrons. The Balaban J connectivity index is 1.37. The van der Waals surface area contributed by atoms with Gasteiger partial charge in [0.05, 0.1) is 0 Å². The molecule has 0 amide bonds. The van der Waals surface area contributed by atoms with Gasteiger partial charge in [-0.3, -0.25) is 0 Å². The summed E-state index contributed by atoms with van der Waals surface area (Å²) in [6.07, 6.45) is 11.2. The van der Waals surface area contributed by atoms with E-state index in [2.05, 4.69) is 186 Å². The van der Waals surface area contributed by atoms with Gasteiger partial charge in [0.2, 0.25) is 0 Å². The van der Waals surface area contributed by atoms with E-state index in [0.717, 1.165) is 38.5 Å². The van der Waals surface area contributed by atoms with Gasteiger partial charge >= 0.3 is 360 Å². The number of benzene rings is 6. The first-order chi connectivity index (χ1) is 28.2. The van der Waals surface area contributed by atoms with E-state index >= 15 is 0 Å². The summed E-state index contributed by atoms with van der Waals surface area (Å²) in [5.41, 5.74) is 21.5. The van der Waals surface area contributed by atoms with Crippen LogP contribution in [0, 0.1) is 0 Å². The van der Waals surface area contributed by atoms with E-state index in [4.69, 9.17) is 17.0 Å². The van der Waals surface area contributed by atoms with Crippen LogP contribution in [0.25, 0.3) is 56.7 Å². The Labute approximate surface area is 356 Å². The Hall–Kier alpha value is -3.52. The van der Waals surface area contributed by atoms with Crippen molar-refractivity contribution in [2.45, 2.75) is 86.6 Å². The summed E-state index contributed by atoms with van der Waals surface area (Å²) in [6, 6.07) is 49.5. The molecule has 295 valence electrons. The van der Waals surface area contributed by atoms with Gasteiger partial charge < -0.3 is 0 Å². The van der Waals surface area contributed by atoms with Crippen molar-refractivity contribution in [3.63, 3.8) is 0 Å². The number of fused-ring (bicyclic) bond motifs is 2. The van der Waals surface area contributed by atoms with Gasteiger partial charge in [0.15, 0.2) is 0 Å². The predicted octanol–water partition coefficient (Wildman–Crippen LogP) is 16.6. The van der Waals surface area contributed by atoms with Crippen molar-refractivity contribution in [2.75, 3.05) is 0 Å². The van der Waals surface area contributed by atoms with Gasteiger partial charge in [-0.2, -0.15) is 0 Å². The van der Waals surface area contributed by atoms with Crippen LogP contribution in [0.5, 0.6) is 0 Å². The topological polar surface area (TPSA) is 0 Å². The Kier molecular flexibility index (Phi) is 12.0. The molecule has 0 aromatic heterocycles. The van der Waals surface area contributed by atoms with Crippen molar-refractivity contribution in [2.24, 2.45) is 0 Å². The molecule has 6 aromatic carbocycles. The molecule has 2 aliphatic rings. The maximum atomic E-state index is 8.95. The van der Waals surface area contributed by atoms with Crippen LogP contribution in [0.4, 0.5) is 0 Å². The summed E-state index contributed by atoms with van der Waals surface area (Å²) in [5, 5.41) is 0. The van der Waals surface area contributed by atoms with E-state index in [-0.39, 0.29) is 7.25 Å². The third-order valence-corrected chi connectivity index (χ3v) is 65.2. The van der Waals surface area contributed by atoms with Gasteiger partial charge in [-0.05, 0) is 0 Å². The van der Waals surface area contributed by atoms with Gasteiger partial charge in [0.25, 0.3) is 0 Å². The van der Waals surface area contributed by atoms with Crippen molar-refractivity contribution in [1.82, 2.24) is 0 Å². The molecule has 0 spiro atoms. The third kappa shape index (κ3) is 6.85. The first-order valence-electron chi connectivity index (χ1n) is 21.7. The van der Waals surface area contributed by atoms with Crippen molar-refractivity contribution < 1.29 is 15.6 Å². The summed E-state index contributed by atoms with van der Waals surface area (Å²) < 4.78 is 0.104. The van der Waals surface area contributed by atoms with Crippen LogP contribution >= 0.6 is 17.0 Å². The molecule has 0 nitrogen and oxygen atoms in total. The van der Waals surface area contributed by atoms with E-state index in [9.17, 15) is 0 Å². The number of rotatable bonds is 13. The molecule has 0 saturated carbocycles. The normalized spacial score (nSPS) is 16.7. The van der Waals surface area contributed by atoms with E-state index in [1.54, 1.807) is 0 Å². The number of hydrogen-bond acceptors (Lipinski definition) is 0. The second-order valence-electron chi connectivity index (χ2n) is 16.9. The average Bonchev–Trinajstić information content (AvgIpc) is 3.85. The first-order valence-corrected chi connectivity index (χ1v) is 38.1. The molecule has 0 fully saturated rings. The third-order valence-electron chi connectivity index (χ3n) is 13.4. The zero-order valence-electron chi connectivity index (χ0n) is 35.1. The monoisotopic (exact) mass is 893 g/mol. The fourth-order valence-corrected chi connectivity index (χ4v) is 42.4. The molecule has 2 unspecified atom stereocenters. The van der Waals surface area contributed by atoms with E-state index in [1.807, 2.05) is 0 Å². The van der Waals surface area contributed by atoms with Gasteiger partial charge in [-0.1, -0.05) is 0 Å². The zero-order chi connectivity index (χ0) is 40.6. The molecular weight excluding hydrogens is 839 g/mol. The predicted molar refractivity (Wildman–Crippen MR) is 255 cm³/mol. The Morgan fingerprint density at radius 2 is 0.828 bits per heavy atom. The Bertz CT molecular complexity index is 2360. The summed E-state index contributed by atoms with van der Waals surface area (Å²) >= 11 is -5.01. The van der Waals surface area contributed by atoms with Crippen LogP contribution in [0.1, 0.15) is 94.0 Å². The molecule has 2 aliphatic carbocycles. The van der Waals surface area contributed by atoms with Crippen molar-refractivity contribution >= 4 is 35.1 Å². The van der Waals surface area contributed by atoms with E-state index in [0.29, 0.717) is 0 Å². The second kappa shape index (κ2) is 16.9. The Morgan fingerprint density at radius 3 is 1.17 bits per heavy atom. The van der Waals surface area contributed by atoms with Gasteiger partial charge in [-0.15, -0.1) is 0 Å². The van der Waals surface area contributed by atoms with Crippen LogP contribution in [-0.4, -0.2) is 5.92 Å². The van der Waals surface area contributed by atoms with Gasteiger partial charge in [0, 0.05) is 0 Å². The minimum absolute atomic E-state index is 0.0519. The fourth-order valence-electron chi connectivity index (χ4n) is 10.6. The summed E-state index contributed by atoms with van der Waals surface area (Å²) in [7, 11) is 17.9. The van der Waals surface area contributed by atoms with Crippen LogP contribution in [0.3, 0.4) is 0 Å². The van der Waals surface area contributed by atoms with Crippen LogP contribution in [-0.2, 0) is 28.4 Å². The summed E-state index contributed by atoms with van der Waals surface area (Å²) in [5.74, 6) is -1.73. The molecule has 0 N–H and O–H groups in total. The second-order valence-corrected chi connectivity index (χ2v) is 59.4. The molecular formula is C54H57Cl2SiZr. The molecule has 0 bridgehead atoms. The van der Waals surface area contributed by atoms with Gasteiger partial charge in [0.1, 0.15) is 0 Å². The molecule has 0 heterocycles. The number of hydrogen-bond donors (Lipinski definition) is 0. The average molecular weight is 896 g/mol. The summed E-state index contributed by atoms with van der Waals surface area (Å²) in [4.78, 5) is 0. The molecule has 0 aliphatic heterocycles. The van der Waals surface area contributed by atoms with Crippen molar-refractivity contribution in [3.8, 4) is 44.5 Å². The number of halogens is 2. The van der Waals surface area contributed by atoms with Crippen LogP contribution in [0.2, 0.25) is 13.1 Å². The minimum atomic E-state index is -5.01. The first kappa shape index (κ1) is 41.2. The standard InChI is InChI=1S/2C26H25.C2H7Si.2ClH.Zr/c2*1-3-10-21-15-16-22-17-19(4-2)18-25(22)26(21)24-14-9-8-13-23(24)20-11-6-5-7-12-20;1-3-2;;;/h2*5-9,11-18H,3-4,10H2,1-2H3;3H,1-2H3;2*1H;/q;;;;;+2/p-2. The summed E-state index contributed by atoms with van der Waals surface area (Å²) in [6.45, 7) is 14.2.